The zero-order valence-corrected chi connectivity index (χ0v) is 15.9. The van der Waals surface area contributed by atoms with E-state index in [0.29, 0.717) is 16.2 Å². The van der Waals surface area contributed by atoms with E-state index in [2.05, 4.69) is 19.5 Å². The molecule has 2 amide bonds. The Morgan fingerprint density at radius 3 is 2.59 bits per heavy atom. The molecule has 0 radical (unpaired) electrons. The molecule has 2 aliphatic rings. The number of aromatic nitrogens is 1. The summed E-state index contributed by atoms with van der Waals surface area (Å²) in [4.78, 5) is 41.3. The molecule has 10 nitrogen and oxygen atoms in total. The maximum atomic E-state index is 14.2. The Hall–Kier alpha value is -3.02. The summed E-state index contributed by atoms with van der Waals surface area (Å²) >= 11 is 0. The van der Waals surface area contributed by atoms with Gasteiger partial charge in [0.1, 0.15) is 12.3 Å². The fourth-order valence-electron chi connectivity index (χ4n) is 2.71. The second kappa shape index (κ2) is 7.43. The highest BCUT2D eigenvalue weighted by Crippen LogP contribution is 2.35. The molecule has 158 valence electrons. The van der Waals surface area contributed by atoms with Crippen molar-refractivity contribution in [3.8, 4) is 0 Å². The first-order valence-electron chi connectivity index (χ1n) is 8.60. The average Bonchev–Trinajstić information content (AvgIpc) is 3.25. The topological polar surface area (TPSA) is 111 Å². The van der Waals surface area contributed by atoms with Crippen LogP contribution in [0.1, 0.15) is 26.3 Å². The van der Waals surface area contributed by atoms with Crippen molar-refractivity contribution >= 4 is 23.5 Å². The number of rotatable bonds is 6. The van der Waals surface area contributed by atoms with E-state index in [1.54, 1.807) is 26.8 Å². The van der Waals surface area contributed by atoms with Crippen LogP contribution in [0, 0.1) is 5.41 Å². The Morgan fingerprint density at radius 2 is 1.97 bits per heavy atom. The lowest BCUT2D eigenvalue weighted by molar-refractivity contribution is -0.327. The quantitative estimate of drug-likeness (QED) is 0.511. The second-order valence-corrected chi connectivity index (χ2v) is 7.44. The minimum Gasteiger partial charge on any atom is -0.427 e. The van der Waals surface area contributed by atoms with Gasteiger partial charge in [-0.3, -0.25) is 4.79 Å². The smallest absolute Gasteiger partial charge is 0.427 e. The highest BCUT2D eigenvalue weighted by molar-refractivity contribution is 5.85. The molecule has 1 fully saturated rings. The van der Waals surface area contributed by atoms with E-state index in [0.717, 1.165) is 0 Å². The number of hydrogen-bond donors (Lipinski definition) is 0. The molecule has 3 heterocycles. The third kappa shape index (κ3) is 4.21. The Balaban J connectivity index is 1.64. The lowest BCUT2D eigenvalue weighted by atomic mass is 9.98. The summed E-state index contributed by atoms with van der Waals surface area (Å²) in [6, 6.07) is -1.72. The van der Waals surface area contributed by atoms with Gasteiger partial charge in [0, 0.05) is 12.1 Å². The summed E-state index contributed by atoms with van der Waals surface area (Å²) in [5, 5.41) is 3.98. The number of nitrogens with zero attached hydrogens (tertiary/aromatic N) is 3. The van der Waals surface area contributed by atoms with Gasteiger partial charge >= 0.3 is 24.1 Å². The highest BCUT2D eigenvalue weighted by Gasteiger charge is 2.52. The van der Waals surface area contributed by atoms with Crippen molar-refractivity contribution in [1.82, 2.24) is 15.1 Å². The predicted octanol–water partition coefficient (Wildman–Crippen LogP) is 1.79. The van der Waals surface area contributed by atoms with E-state index < -0.39 is 42.3 Å². The van der Waals surface area contributed by atoms with Gasteiger partial charge in [0.2, 0.25) is 6.79 Å². The summed E-state index contributed by atoms with van der Waals surface area (Å²) < 4.78 is 42.1. The molecule has 0 aromatic carbocycles. The van der Waals surface area contributed by atoms with Gasteiger partial charge < -0.3 is 18.9 Å². The normalized spacial score (nSPS) is 19.3. The molecule has 12 heteroatoms. The van der Waals surface area contributed by atoms with Crippen molar-refractivity contribution in [1.29, 1.82) is 0 Å². The Bertz CT molecular complexity index is 833. The van der Waals surface area contributed by atoms with E-state index in [1.807, 2.05) is 0 Å². The molecule has 1 aromatic heterocycles. The second-order valence-electron chi connectivity index (χ2n) is 7.44. The number of hydroxylamine groups is 2. The largest absolute Gasteiger partial charge is 0.477 e. The van der Waals surface area contributed by atoms with Crippen LogP contribution in [-0.2, 0) is 23.9 Å². The van der Waals surface area contributed by atoms with Gasteiger partial charge in [-0.1, -0.05) is 11.2 Å². The van der Waals surface area contributed by atoms with Crippen molar-refractivity contribution in [2.75, 3.05) is 19.9 Å². The van der Waals surface area contributed by atoms with Crippen LogP contribution in [0.4, 0.5) is 13.6 Å². The van der Waals surface area contributed by atoms with Crippen LogP contribution in [0.3, 0.4) is 0 Å². The van der Waals surface area contributed by atoms with Crippen molar-refractivity contribution < 1.29 is 42.0 Å². The van der Waals surface area contributed by atoms with Crippen LogP contribution >= 0.6 is 0 Å². The molecular weight excluding hydrogens is 396 g/mol. The van der Waals surface area contributed by atoms with Gasteiger partial charge in [-0.15, -0.1) is 0 Å². The van der Waals surface area contributed by atoms with Crippen LogP contribution < -0.4 is 0 Å². The van der Waals surface area contributed by atoms with Crippen LogP contribution in [0.5, 0.6) is 0 Å². The van der Waals surface area contributed by atoms with E-state index >= 15 is 0 Å². The zero-order valence-electron chi connectivity index (χ0n) is 15.9. The number of esters is 2. The minimum absolute atomic E-state index is 0.0875. The van der Waals surface area contributed by atoms with E-state index in [1.165, 1.54) is 17.4 Å². The van der Waals surface area contributed by atoms with Crippen LogP contribution in [0.25, 0.3) is 5.57 Å². The van der Waals surface area contributed by atoms with Gasteiger partial charge in [-0.05, 0) is 26.3 Å². The molecule has 0 N–H and O–H groups in total. The van der Waals surface area contributed by atoms with Gasteiger partial charge in [0.25, 0.3) is 0 Å². The molecule has 2 bridgehead atoms. The summed E-state index contributed by atoms with van der Waals surface area (Å²) in [7, 11) is 0. The number of halogens is 2. The summed E-state index contributed by atoms with van der Waals surface area (Å²) in [5.74, 6) is -2.84. The number of carbonyl (C=O) groups is 3. The van der Waals surface area contributed by atoms with Crippen molar-refractivity contribution in [2.45, 2.75) is 32.9 Å². The number of urea groups is 1. The number of amides is 2. The Labute approximate surface area is 163 Å². The maximum Gasteiger partial charge on any atom is 0.477 e. The molecule has 0 aliphatic carbocycles. The number of hydrogen-bond acceptors (Lipinski definition) is 8. The molecule has 2 aliphatic heterocycles. The Morgan fingerprint density at radius 1 is 1.28 bits per heavy atom. The standard InChI is InChI=1S/C17H19F2N3O7/c1-16(2,3)13(23)26-9-27-14(24)17(18,19)29-22-12-7-21(15(22)25)5-4-11(12)10-6-20-28-8-10/h4,6,8,12H,5,7,9H2,1-3H3. The summed E-state index contributed by atoms with van der Waals surface area (Å²) in [5.41, 5.74) is 0.0962. The highest BCUT2D eigenvalue weighted by atomic mass is 19.3. The van der Waals surface area contributed by atoms with Crippen molar-refractivity contribution in [2.24, 2.45) is 5.41 Å². The average molecular weight is 415 g/mol. The third-order valence-corrected chi connectivity index (χ3v) is 4.23. The summed E-state index contributed by atoms with van der Waals surface area (Å²) in [6.07, 6.45) is -0.149. The molecule has 1 saturated heterocycles. The number of fused-ring (bicyclic) bond motifs is 2. The molecule has 0 spiro atoms. The van der Waals surface area contributed by atoms with Crippen LogP contribution in [0.15, 0.2) is 23.1 Å². The van der Waals surface area contributed by atoms with Crippen LogP contribution in [-0.4, -0.2) is 65.1 Å². The fourth-order valence-corrected chi connectivity index (χ4v) is 2.71. The minimum atomic E-state index is -4.48. The first kappa shape index (κ1) is 20.7. The summed E-state index contributed by atoms with van der Waals surface area (Å²) in [6.45, 7) is 3.88. The SMILES string of the molecule is CC(C)(C)C(=O)OCOC(=O)C(F)(F)ON1C(=O)N2CC=C(c3cnoc3)C1C2. The monoisotopic (exact) mass is 415 g/mol. The van der Waals surface area contributed by atoms with Crippen molar-refractivity contribution in [3.63, 3.8) is 0 Å². The number of alkyl halides is 2. The van der Waals surface area contributed by atoms with Gasteiger partial charge in [-0.25, -0.2) is 9.59 Å². The van der Waals surface area contributed by atoms with E-state index in [9.17, 15) is 23.2 Å². The lowest BCUT2D eigenvalue weighted by Gasteiger charge is -2.26. The maximum absolute atomic E-state index is 14.2. The van der Waals surface area contributed by atoms with Crippen molar-refractivity contribution in [3.05, 3.63) is 24.1 Å². The molecule has 3 rings (SSSR count). The van der Waals surface area contributed by atoms with Crippen LogP contribution in [0.2, 0.25) is 0 Å². The molecular formula is C17H19F2N3O7. The fraction of sp³-hybridized carbons (Fsp3) is 0.529. The predicted molar refractivity (Wildman–Crippen MR) is 89.6 cm³/mol. The molecule has 29 heavy (non-hydrogen) atoms. The molecule has 1 unspecified atom stereocenters. The number of carbonyl (C=O) groups excluding carboxylic acids is 3. The van der Waals surface area contributed by atoms with E-state index in [4.69, 9.17) is 4.52 Å². The molecule has 1 aromatic rings. The first-order chi connectivity index (χ1) is 13.5. The van der Waals surface area contributed by atoms with E-state index in [-0.39, 0.29) is 13.1 Å². The van der Waals surface area contributed by atoms with Gasteiger partial charge in [-0.2, -0.15) is 18.7 Å². The lowest BCUT2D eigenvalue weighted by Crippen LogP contribution is -2.45. The number of ether oxygens (including phenoxy) is 2. The van der Waals surface area contributed by atoms with Gasteiger partial charge in [0.05, 0.1) is 18.2 Å². The third-order valence-electron chi connectivity index (χ3n) is 4.23. The molecule has 0 saturated carbocycles. The Kier molecular flexibility index (Phi) is 5.30. The molecule has 1 atom stereocenters. The first-order valence-corrected chi connectivity index (χ1v) is 8.60. The van der Waals surface area contributed by atoms with Gasteiger partial charge in [0.15, 0.2) is 0 Å². The zero-order chi connectivity index (χ0) is 21.4.